The van der Waals surface area contributed by atoms with Crippen molar-refractivity contribution in [3.05, 3.63) is 23.9 Å². The standard InChI is InChI=1S/C13H15F3N2O2/c14-13(15,16)10-2-1-4-17-11(10)18-5-7-20-12(8-18)3-6-19-9-12/h1-2,4H,3,5-9H2. The molecule has 7 heteroatoms. The van der Waals surface area contributed by atoms with Gasteiger partial charge in [-0.3, -0.25) is 0 Å². The molecule has 110 valence electrons. The van der Waals surface area contributed by atoms with Gasteiger partial charge in [-0.05, 0) is 12.1 Å². The molecule has 0 radical (unpaired) electrons. The molecule has 0 aromatic carbocycles. The molecule has 1 spiro atoms. The number of alkyl halides is 3. The van der Waals surface area contributed by atoms with Crippen LogP contribution >= 0.6 is 0 Å². The van der Waals surface area contributed by atoms with E-state index in [0.29, 0.717) is 39.3 Å². The molecule has 2 fully saturated rings. The number of morpholine rings is 1. The third-order valence-corrected chi connectivity index (χ3v) is 3.71. The zero-order chi connectivity index (χ0) is 14.2. The van der Waals surface area contributed by atoms with Gasteiger partial charge < -0.3 is 14.4 Å². The van der Waals surface area contributed by atoms with Crippen molar-refractivity contribution in [2.24, 2.45) is 0 Å². The third-order valence-electron chi connectivity index (χ3n) is 3.71. The van der Waals surface area contributed by atoms with Crippen LogP contribution in [0.25, 0.3) is 0 Å². The highest BCUT2D eigenvalue weighted by atomic mass is 19.4. The molecule has 2 aliphatic heterocycles. The van der Waals surface area contributed by atoms with Gasteiger partial charge in [0.15, 0.2) is 0 Å². The summed E-state index contributed by atoms with van der Waals surface area (Å²) < 4.78 is 50.2. The van der Waals surface area contributed by atoms with E-state index < -0.39 is 17.3 Å². The summed E-state index contributed by atoms with van der Waals surface area (Å²) in [6.07, 6.45) is -2.31. The molecule has 3 heterocycles. The van der Waals surface area contributed by atoms with E-state index >= 15 is 0 Å². The van der Waals surface area contributed by atoms with Gasteiger partial charge in [0.05, 0.1) is 25.3 Å². The predicted molar refractivity (Wildman–Crippen MR) is 65.6 cm³/mol. The highest BCUT2D eigenvalue weighted by Gasteiger charge is 2.43. The lowest BCUT2D eigenvalue weighted by atomic mass is 10.0. The molecule has 1 aromatic rings. The van der Waals surface area contributed by atoms with Crippen LogP contribution in [0.3, 0.4) is 0 Å². The van der Waals surface area contributed by atoms with Gasteiger partial charge in [-0.25, -0.2) is 4.98 Å². The topological polar surface area (TPSA) is 34.6 Å². The lowest BCUT2D eigenvalue weighted by Gasteiger charge is -2.40. The largest absolute Gasteiger partial charge is 0.419 e. The minimum absolute atomic E-state index is 0.0189. The molecule has 0 bridgehead atoms. The second-order valence-electron chi connectivity index (χ2n) is 5.13. The summed E-state index contributed by atoms with van der Waals surface area (Å²) in [7, 11) is 0. The Balaban J connectivity index is 1.89. The number of hydrogen-bond acceptors (Lipinski definition) is 4. The molecule has 0 saturated carbocycles. The molecule has 20 heavy (non-hydrogen) atoms. The van der Waals surface area contributed by atoms with Gasteiger partial charge >= 0.3 is 6.18 Å². The first-order chi connectivity index (χ1) is 9.50. The second-order valence-corrected chi connectivity index (χ2v) is 5.13. The Hall–Kier alpha value is -1.34. The maximum absolute atomic E-state index is 13.0. The minimum Gasteiger partial charge on any atom is -0.378 e. The zero-order valence-corrected chi connectivity index (χ0v) is 10.8. The molecule has 0 aliphatic carbocycles. The number of nitrogens with zero attached hydrogens (tertiary/aromatic N) is 2. The summed E-state index contributed by atoms with van der Waals surface area (Å²) >= 11 is 0. The van der Waals surface area contributed by atoms with E-state index in [4.69, 9.17) is 9.47 Å². The number of halogens is 3. The first-order valence-electron chi connectivity index (χ1n) is 6.49. The van der Waals surface area contributed by atoms with E-state index in [-0.39, 0.29) is 5.82 Å². The molecule has 0 amide bonds. The number of ether oxygens (including phenoxy) is 2. The molecule has 0 N–H and O–H groups in total. The van der Waals surface area contributed by atoms with Crippen LogP contribution < -0.4 is 4.90 Å². The summed E-state index contributed by atoms with van der Waals surface area (Å²) in [6.45, 7) is 2.19. The van der Waals surface area contributed by atoms with Crippen LogP contribution in [0, 0.1) is 0 Å². The fraction of sp³-hybridized carbons (Fsp3) is 0.615. The smallest absolute Gasteiger partial charge is 0.378 e. The van der Waals surface area contributed by atoms with Gasteiger partial charge in [0, 0.05) is 25.8 Å². The van der Waals surface area contributed by atoms with E-state index in [1.165, 1.54) is 12.3 Å². The highest BCUT2D eigenvalue weighted by Crippen LogP contribution is 2.37. The van der Waals surface area contributed by atoms with E-state index in [2.05, 4.69) is 4.98 Å². The Kier molecular flexibility index (Phi) is 3.33. The molecule has 3 rings (SSSR count). The van der Waals surface area contributed by atoms with Gasteiger partial charge in [0.1, 0.15) is 11.4 Å². The van der Waals surface area contributed by atoms with Crippen LogP contribution in [-0.4, -0.2) is 43.5 Å². The first-order valence-corrected chi connectivity index (χ1v) is 6.49. The van der Waals surface area contributed by atoms with Gasteiger partial charge in [-0.15, -0.1) is 0 Å². The quantitative estimate of drug-likeness (QED) is 0.792. The fourth-order valence-corrected chi connectivity index (χ4v) is 2.72. The molecule has 2 saturated heterocycles. The SMILES string of the molecule is FC(F)(F)c1cccnc1N1CCOC2(CCOC2)C1. The summed E-state index contributed by atoms with van der Waals surface area (Å²) in [5.74, 6) is -0.0189. The van der Waals surface area contributed by atoms with E-state index in [1.807, 2.05) is 0 Å². The Morgan fingerprint density at radius 1 is 1.30 bits per heavy atom. The van der Waals surface area contributed by atoms with Crippen LogP contribution in [0.4, 0.5) is 19.0 Å². The molecule has 1 aromatic heterocycles. The summed E-state index contributed by atoms with van der Waals surface area (Å²) in [4.78, 5) is 5.59. The molecule has 1 atom stereocenters. The maximum atomic E-state index is 13.0. The Bertz CT molecular complexity index is 487. The predicted octanol–water partition coefficient (Wildman–Crippen LogP) is 2.10. The average molecular weight is 288 g/mol. The lowest BCUT2D eigenvalue weighted by molar-refractivity contribution is -0.137. The van der Waals surface area contributed by atoms with Gasteiger partial charge in [0.2, 0.25) is 0 Å². The van der Waals surface area contributed by atoms with Gasteiger partial charge in [-0.2, -0.15) is 13.2 Å². The number of aromatic nitrogens is 1. The molecular formula is C13H15F3N2O2. The van der Waals surface area contributed by atoms with Crippen molar-refractivity contribution < 1.29 is 22.6 Å². The number of rotatable bonds is 1. The fourth-order valence-electron chi connectivity index (χ4n) is 2.72. The van der Waals surface area contributed by atoms with Crippen LogP contribution in [0.1, 0.15) is 12.0 Å². The van der Waals surface area contributed by atoms with Crippen LogP contribution in [0.15, 0.2) is 18.3 Å². The van der Waals surface area contributed by atoms with Crippen molar-refractivity contribution in [3.63, 3.8) is 0 Å². The molecule has 4 nitrogen and oxygen atoms in total. The first kappa shape index (κ1) is 13.6. The van der Waals surface area contributed by atoms with Crippen molar-refractivity contribution in [2.45, 2.75) is 18.2 Å². The Labute approximate surface area is 114 Å². The summed E-state index contributed by atoms with van der Waals surface area (Å²) in [5.41, 5.74) is -1.19. The van der Waals surface area contributed by atoms with Crippen molar-refractivity contribution >= 4 is 5.82 Å². The molecular weight excluding hydrogens is 273 g/mol. The minimum atomic E-state index is -4.40. The number of pyridine rings is 1. The summed E-state index contributed by atoms with van der Waals surface area (Å²) in [5, 5.41) is 0. The van der Waals surface area contributed by atoms with E-state index in [1.54, 1.807) is 4.90 Å². The van der Waals surface area contributed by atoms with Gasteiger partial charge in [0.25, 0.3) is 0 Å². The zero-order valence-electron chi connectivity index (χ0n) is 10.8. The van der Waals surface area contributed by atoms with Gasteiger partial charge in [-0.1, -0.05) is 0 Å². The molecule has 1 unspecified atom stereocenters. The van der Waals surface area contributed by atoms with E-state index in [9.17, 15) is 13.2 Å². The van der Waals surface area contributed by atoms with Crippen molar-refractivity contribution in [2.75, 3.05) is 37.8 Å². The monoisotopic (exact) mass is 288 g/mol. The van der Waals surface area contributed by atoms with Crippen molar-refractivity contribution in [1.29, 1.82) is 0 Å². The normalized spacial score (nSPS) is 27.2. The van der Waals surface area contributed by atoms with Crippen LogP contribution in [-0.2, 0) is 15.7 Å². The van der Waals surface area contributed by atoms with Crippen LogP contribution in [0.2, 0.25) is 0 Å². The van der Waals surface area contributed by atoms with E-state index in [0.717, 1.165) is 6.07 Å². The Morgan fingerprint density at radius 2 is 2.15 bits per heavy atom. The van der Waals surface area contributed by atoms with Crippen molar-refractivity contribution in [3.8, 4) is 0 Å². The average Bonchev–Trinajstić information content (AvgIpc) is 2.86. The Morgan fingerprint density at radius 3 is 2.85 bits per heavy atom. The van der Waals surface area contributed by atoms with Crippen molar-refractivity contribution in [1.82, 2.24) is 4.98 Å². The summed E-state index contributed by atoms with van der Waals surface area (Å²) in [6, 6.07) is 2.37. The number of hydrogen-bond donors (Lipinski definition) is 0. The lowest BCUT2D eigenvalue weighted by Crippen LogP contribution is -2.53. The van der Waals surface area contributed by atoms with Crippen LogP contribution in [0.5, 0.6) is 0 Å². The maximum Gasteiger partial charge on any atom is 0.419 e. The highest BCUT2D eigenvalue weighted by molar-refractivity contribution is 5.49. The second kappa shape index (κ2) is 4.89. The third kappa shape index (κ3) is 2.47. The molecule has 2 aliphatic rings. The number of anilines is 1.